The first kappa shape index (κ1) is 12.9. The van der Waals surface area contributed by atoms with Crippen molar-refractivity contribution in [3.63, 3.8) is 0 Å². The lowest BCUT2D eigenvalue weighted by atomic mass is 10.0. The monoisotopic (exact) mass is 275 g/mol. The first-order chi connectivity index (χ1) is 9.63. The van der Waals surface area contributed by atoms with Crippen molar-refractivity contribution < 1.29 is 14.0 Å². The zero-order valence-electron chi connectivity index (χ0n) is 11.5. The minimum atomic E-state index is -0.231. The molecule has 6 nitrogen and oxygen atoms in total. The summed E-state index contributed by atoms with van der Waals surface area (Å²) in [6.45, 7) is 4.46. The van der Waals surface area contributed by atoms with Gasteiger partial charge in [0.15, 0.2) is 11.5 Å². The van der Waals surface area contributed by atoms with Crippen molar-refractivity contribution in [1.29, 1.82) is 0 Å². The van der Waals surface area contributed by atoms with Gasteiger partial charge in [-0.2, -0.15) is 4.98 Å². The quantitative estimate of drug-likeness (QED) is 0.923. The van der Waals surface area contributed by atoms with Crippen LogP contribution in [0.25, 0.3) is 11.4 Å². The predicted molar refractivity (Wildman–Crippen MR) is 72.2 cm³/mol. The number of hydrogen-bond acceptors (Lipinski definition) is 6. The molecule has 0 spiro atoms. The molecule has 0 amide bonds. The van der Waals surface area contributed by atoms with E-state index in [9.17, 15) is 0 Å². The van der Waals surface area contributed by atoms with Gasteiger partial charge in [-0.25, -0.2) is 0 Å². The van der Waals surface area contributed by atoms with E-state index >= 15 is 0 Å². The van der Waals surface area contributed by atoms with Gasteiger partial charge in [0.2, 0.25) is 18.5 Å². The van der Waals surface area contributed by atoms with E-state index in [1.165, 1.54) is 0 Å². The Morgan fingerprint density at radius 1 is 1.25 bits per heavy atom. The second-order valence-electron chi connectivity index (χ2n) is 5.26. The zero-order chi connectivity index (χ0) is 14.1. The van der Waals surface area contributed by atoms with Crippen molar-refractivity contribution in [3.05, 3.63) is 24.1 Å². The molecule has 3 rings (SSSR count). The summed E-state index contributed by atoms with van der Waals surface area (Å²) >= 11 is 0. The Morgan fingerprint density at radius 2 is 2.05 bits per heavy atom. The van der Waals surface area contributed by atoms with Crippen molar-refractivity contribution in [2.45, 2.75) is 26.3 Å². The Labute approximate surface area is 116 Å². The number of fused-ring (bicyclic) bond motifs is 1. The Bertz CT molecular complexity index is 609. The fourth-order valence-electron chi connectivity index (χ4n) is 2.15. The molecule has 2 N–H and O–H groups in total. The van der Waals surface area contributed by atoms with Crippen LogP contribution in [-0.4, -0.2) is 16.9 Å². The van der Waals surface area contributed by atoms with Crippen molar-refractivity contribution in [2.75, 3.05) is 6.79 Å². The van der Waals surface area contributed by atoms with Gasteiger partial charge in [0.1, 0.15) is 0 Å². The van der Waals surface area contributed by atoms with Crippen LogP contribution in [0.5, 0.6) is 11.5 Å². The number of rotatable bonds is 4. The van der Waals surface area contributed by atoms with Crippen LogP contribution in [0.15, 0.2) is 22.7 Å². The number of hydrogen-bond donors (Lipinski definition) is 1. The largest absolute Gasteiger partial charge is 0.454 e. The molecule has 1 unspecified atom stereocenters. The third-order valence-electron chi connectivity index (χ3n) is 3.12. The van der Waals surface area contributed by atoms with E-state index in [0.717, 1.165) is 17.7 Å². The summed E-state index contributed by atoms with van der Waals surface area (Å²) in [6, 6.07) is 5.31. The summed E-state index contributed by atoms with van der Waals surface area (Å²) in [6.07, 6.45) is 0.808. The van der Waals surface area contributed by atoms with Gasteiger partial charge in [-0.05, 0) is 30.5 Å². The molecule has 0 saturated heterocycles. The Morgan fingerprint density at radius 3 is 2.85 bits per heavy atom. The highest BCUT2D eigenvalue weighted by Crippen LogP contribution is 2.35. The fraction of sp³-hybridized carbons (Fsp3) is 0.429. The van der Waals surface area contributed by atoms with Crippen LogP contribution >= 0.6 is 0 Å². The number of benzene rings is 1. The Balaban J connectivity index is 1.83. The van der Waals surface area contributed by atoms with Crippen molar-refractivity contribution in [1.82, 2.24) is 10.1 Å². The Kier molecular flexibility index (Phi) is 3.31. The molecule has 2 aromatic rings. The van der Waals surface area contributed by atoms with E-state index in [2.05, 4.69) is 24.0 Å². The maximum absolute atomic E-state index is 6.04. The summed E-state index contributed by atoms with van der Waals surface area (Å²) in [7, 11) is 0. The first-order valence-corrected chi connectivity index (χ1v) is 6.62. The molecule has 0 bridgehead atoms. The molecule has 1 aliphatic heterocycles. The molecule has 0 fully saturated rings. The lowest BCUT2D eigenvalue weighted by molar-refractivity contribution is 0.174. The van der Waals surface area contributed by atoms with Gasteiger partial charge in [0.25, 0.3) is 0 Å². The molecule has 1 aliphatic rings. The highest BCUT2D eigenvalue weighted by molar-refractivity contribution is 5.61. The highest BCUT2D eigenvalue weighted by Gasteiger charge is 2.19. The van der Waals surface area contributed by atoms with Crippen LogP contribution in [0.4, 0.5) is 0 Å². The van der Waals surface area contributed by atoms with E-state index in [1.54, 1.807) is 0 Å². The van der Waals surface area contributed by atoms with Crippen LogP contribution < -0.4 is 15.2 Å². The van der Waals surface area contributed by atoms with E-state index in [0.29, 0.717) is 23.4 Å². The van der Waals surface area contributed by atoms with Crippen LogP contribution in [0.1, 0.15) is 32.2 Å². The number of aromatic nitrogens is 2. The van der Waals surface area contributed by atoms with Crippen LogP contribution in [-0.2, 0) is 0 Å². The van der Waals surface area contributed by atoms with Crippen LogP contribution in [0.3, 0.4) is 0 Å². The van der Waals surface area contributed by atoms with Crippen molar-refractivity contribution >= 4 is 0 Å². The average Bonchev–Trinajstić information content (AvgIpc) is 3.06. The topological polar surface area (TPSA) is 83.4 Å². The van der Waals surface area contributed by atoms with E-state index in [4.69, 9.17) is 19.7 Å². The van der Waals surface area contributed by atoms with Crippen molar-refractivity contribution in [2.24, 2.45) is 11.7 Å². The van der Waals surface area contributed by atoms with Crippen LogP contribution in [0, 0.1) is 5.92 Å². The molecular formula is C14H17N3O3. The van der Waals surface area contributed by atoms with Gasteiger partial charge in [-0.3, -0.25) is 0 Å². The van der Waals surface area contributed by atoms with Gasteiger partial charge in [-0.15, -0.1) is 0 Å². The third kappa shape index (κ3) is 2.46. The predicted octanol–water partition coefficient (Wildman–Crippen LogP) is 2.51. The number of ether oxygens (including phenoxy) is 2. The molecule has 1 aromatic heterocycles. The van der Waals surface area contributed by atoms with Gasteiger partial charge in [-0.1, -0.05) is 19.0 Å². The SMILES string of the molecule is CC(C)CC(N)c1nc(-c2ccc3c(c2)OCO3)no1. The van der Waals surface area contributed by atoms with E-state index in [-0.39, 0.29) is 12.8 Å². The first-order valence-electron chi connectivity index (χ1n) is 6.62. The fourth-order valence-corrected chi connectivity index (χ4v) is 2.15. The molecule has 1 atom stereocenters. The second-order valence-corrected chi connectivity index (χ2v) is 5.26. The molecule has 106 valence electrons. The summed E-state index contributed by atoms with van der Waals surface area (Å²) in [5, 5.41) is 3.98. The molecule has 0 aliphatic carbocycles. The average molecular weight is 275 g/mol. The normalized spacial score (nSPS) is 14.8. The molecule has 20 heavy (non-hydrogen) atoms. The van der Waals surface area contributed by atoms with Gasteiger partial charge < -0.3 is 19.7 Å². The molecule has 2 heterocycles. The lowest BCUT2D eigenvalue weighted by Crippen LogP contribution is -2.13. The highest BCUT2D eigenvalue weighted by atomic mass is 16.7. The van der Waals surface area contributed by atoms with E-state index < -0.39 is 0 Å². The van der Waals surface area contributed by atoms with Gasteiger partial charge in [0, 0.05) is 5.56 Å². The second kappa shape index (κ2) is 5.13. The van der Waals surface area contributed by atoms with Crippen molar-refractivity contribution in [3.8, 4) is 22.9 Å². The summed E-state index contributed by atoms with van der Waals surface area (Å²) < 4.78 is 15.8. The van der Waals surface area contributed by atoms with Gasteiger partial charge in [0.05, 0.1) is 6.04 Å². The van der Waals surface area contributed by atoms with E-state index in [1.807, 2.05) is 18.2 Å². The lowest BCUT2D eigenvalue weighted by Gasteiger charge is -2.08. The summed E-state index contributed by atoms with van der Waals surface area (Å²) in [5.41, 5.74) is 6.86. The third-order valence-corrected chi connectivity index (χ3v) is 3.12. The smallest absolute Gasteiger partial charge is 0.243 e. The number of nitrogens with two attached hydrogens (primary N) is 1. The van der Waals surface area contributed by atoms with Gasteiger partial charge >= 0.3 is 0 Å². The Hall–Kier alpha value is -2.08. The van der Waals surface area contributed by atoms with Crippen LogP contribution in [0.2, 0.25) is 0 Å². The minimum Gasteiger partial charge on any atom is -0.454 e. The maximum Gasteiger partial charge on any atom is 0.243 e. The zero-order valence-corrected chi connectivity index (χ0v) is 11.5. The number of nitrogens with zero attached hydrogens (tertiary/aromatic N) is 2. The minimum absolute atomic E-state index is 0.231. The molecule has 6 heteroatoms. The molecule has 0 radical (unpaired) electrons. The standard InChI is InChI=1S/C14H17N3O3/c1-8(2)5-10(15)14-16-13(17-20-14)9-3-4-11-12(6-9)19-7-18-11/h3-4,6,8,10H,5,7,15H2,1-2H3. The molecule has 0 saturated carbocycles. The molecule has 1 aromatic carbocycles. The summed E-state index contributed by atoms with van der Waals surface area (Å²) in [4.78, 5) is 4.36. The summed E-state index contributed by atoms with van der Waals surface area (Å²) in [5.74, 6) is 2.88. The maximum atomic E-state index is 6.04. The molecular weight excluding hydrogens is 258 g/mol.